The topological polar surface area (TPSA) is 58.4 Å². The van der Waals surface area contributed by atoms with Gasteiger partial charge >= 0.3 is 0 Å². The van der Waals surface area contributed by atoms with Gasteiger partial charge in [0.2, 0.25) is 5.91 Å². The minimum atomic E-state index is -0.0540. The zero-order valence-electron chi connectivity index (χ0n) is 13.5. The molecule has 0 aliphatic carbocycles. The van der Waals surface area contributed by atoms with Crippen molar-refractivity contribution in [3.63, 3.8) is 0 Å². The first-order valence-corrected chi connectivity index (χ1v) is 8.51. The number of likely N-dealkylation sites (tertiary alicyclic amines) is 1. The molecule has 1 aromatic carbocycles. The lowest BCUT2D eigenvalue weighted by molar-refractivity contribution is -0.119. The molecule has 122 valence electrons. The number of benzene rings is 1. The van der Waals surface area contributed by atoms with Crippen molar-refractivity contribution in [1.29, 1.82) is 0 Å². The Hall–Kier alpha value is -1.39. The van der Waals surface area contributed by atoms with Gasteiger partial charge in [-0.05, 0) is 63.2 Å². The van der Waals surface area contributed by atoms with Crippen molar-refractivity contribution in [2.45, 2.75) is 32.1 Å². The summed E-state index contributed by atoms with van der Waals surface area (Å²) in [4.78, 5) is 13.6. The Morgan fingerprint density at radius 3 is 2.59 bits per heavy atom. The van der Waals surface area contributed by atoms with Crippen molar-refractivity contribution in [2.24, 2.45) is 11.7 Å². The van der Waals surface area contributed by atoms with E-state index in [1.54, 1.807) is 0 Å². The molecule has 2 rings (SSSR count). The minimum absolute atomic E-state index is 0.0540. The first-order valence-electron chi connectivity index (χ1n) is 8.51. The van der Waals surface area contributed by atoms with Crippen LogP contribution in [-0.2, 0) is 11.2 Å². The third kappa shape index (κ3) is 6.16. The summed E-state index contributed by atoms with van der Waals surface area (Å²) in [6.45, 7) is 4.42. The van der Waals surface area contributed by atoms with Crippen LogP contribution < -0.4 is 11.1 Å². The first kappa shape index (κ1) is 17.0. The molecule has 1 fully saturated rings. The molecule has 0 radical (unpaired) electrons. The zero-order chi connectivity index (χ0) is 15.6. The summed E-state index contributed by atoms with van der Waals surface area (Å²) < 4.78 is 0. The van der Waals surface area contributed by atoms with Gasteiger partial charge < -0.3 is 16.0 Å². The molecule has 22 heavy (non-hydrogen) atoms. The molecule has 3 N–H and O–H groups in total. The highest BCUT2D eigenvalue weighted by molar-refractivity contribution is 5.77. The fourth-order valence-electron chi connectivity index (χ4n) is 3.12. The van der Waals surface area contributed by atoms with Crippen LogP contribution in [0.25, 0.3) is 0 Å². The van der Waals surface area contributed by atoms with Gasteiger partial charge in [-0.1, -0.05) is 30.3 Å². The number of carbonyl (C=O) groups is 1. The predicted octanol–water partition coefficient (Wildman–Crippen LogP) is 1.80. The number of nitrogens with two attached hydrogens (primary N) is 1. The second kappa shape index (κ2) is 9.59. The van der Waals surface area contributed by atoms with E-state index in [0.717, 1.165) is 31.8 Å². The molecule has 1 amide bonds. The Morgan fingerprint density at radius 2 is 1.91 bits per heavy atom. The predicted molar refractivity (Wildman–Crippen MR) is 90.6 cm³/mol. The number of piperidine rings is 1. The van der Waals surface area contributed by atoms with E-state index in [1.165, 1.54) is 37.9 Å². The summed E-state index contributed by atoms with van der Waals surface area (Å²) in [6.07, 6.45) is 6.02. The molecule has 0 aromatic heterocycles. The maximum atomic E-state index is 11.0. The second-order valence-electron chi connectivity index (χ2n) is 6.24. The minimum Gasteiger partial charge on any atom is -0.355 e. The lowest BCUT2D eigenvalue weighted by Gasteiger charge is -2.32. The average Bonchev–Trinajstić information content (AvgIpc) is 2.57. The van der Waals surface area contributed by atoms with Gasteiger partial charge in [-0.25, -0.2) is 0 Å². The summed E-state index contributed by atoms with van der Waals surface area (Å²) in [5.41, 5.74) is 6.72. The number of rotatable bonds is 8. The number of amides is 1. The van der Waals surface area contributed by atoms with Crippen molar-refractivity contribution in [3.8, 4) is 0 Å². The maximum Gasteiger partial charge on any atom is 0.233 e. The monoisotopic (exact) mass is 303 g/mol. The molecule has 1 saturated heterocycles. The molecule has 1 aliphatic heterocycles. The standard InChI is InChI=1S/C18H29N3O/c19-15-18(22)20-10-4-5-11-21-12-8-17(9-13-21)14-16-6-2-1-3-7-16/h1-3,6-7,17H,4-5,8-15,19H2,(H,20,22). The van der Waals surface area contributed by atoms with E-state index in [2.05, 4.69) is 40.5 Å². The van der Waals surface area contributed by atoms with E-state index >= 15 is 0 Å². The number of hydrogen-bond acceptors (Lipinski definition) is 3. The summed E-state index contributed by atoms with van der Waals surface area (Å²) in [5, 5.41) is 2.82. The van der Waals surface area contributed by atoms with Crippen molar-refractivity contribution in [3.05, 3.63) is 35.9 Å². The zero-order valence-corrected chi connectivity index (χ0v) is 13.5. The number of nitrogens with one attached hydrogen (secondary N) is 1. The van der Waals surface area contributed by atoms with Gasteiger partial charge in [0.1, 0.15) is 0 Å². The van der Waals surface area contributed by atoms with Gasteiger partial charge in [0.05, 0.1) is 6.54 Å². The Labute approximate surface area is 134 Å². The summed E-state index contributed by atoms with van der Waals surface area (Å²) in [5.74, 6) is 0.782. The van der Waals surface area contributed by atoms with Crippen molar-refractivity contribution >= 4 is 5.91 Å². The SMILES string of the molecule is NCC(=O)NCCCCN1CCC(Cc2ccccc2)CC1. The molecule has 1 aliphatic rings. The molecular formula is C18H29N3O. The molecule has 4 nitrogen and oxygen atoms in total. The van der Waals surface area contributed by atoms with Crippen LogP contribution in [0.15, 0.2) is 30.3 Å². The van der Waals surface area contributed by atoms with Crippen molar-refractivity contribution in [1.82, 2.24) is 10.2 Å². The van der Waals surface area contributed by atoms with E-state index in [9.17, 15) is 4.79 Å². The van der Waals surface area contributed by atoms with E-state index in [1.807, 2.05) is 0 Å². The number of carbonyl (C=O) groups excluding carboxylic acids is 1. The quantitative estimate of drug-likeness (QED) is 0.720. The third-order valence-electron chi connectivity index (χ3n) is 4.48. The molecule has 0 unspecified atom stereocenters. The Kier molecular flexibility index (Phi) is 7.40. The van der Waals surface area contributed by atoms with Gasteiger partial charge in [-0.2, -0.15) is 0 Å². The smallest absolute Gasteiger partial charge is 0.233 e. The lowest BCUT2D eigenvalue weighted by atomic mass is 9.90. The Morgan fingerprint density at radius 1 is 1.18 bits per heavy atom. The van der Waals surface area contributed by atoms with E-state index in [0.29, 0.717) is 0 Å². The van der Waals surface area contributed by atoms with Crippen LogP contribution in [0.4, 0.5) is 0 Å². The van der Waals surface area contributed by atoms with Crippen LogP contribution in [0.5, 0.6) is 0 Å². The molecule has 1 heterocycles. The van der Waals surface area contributed by atoms with Crippen molar-refractivity contribution in [2.75, 3.05) is 32.7 Å². The third-order valence-corrected chi connectivity index (χ3v) is 4.48. The highest BCUT2D eigenvalue weighted by Crippen LogP contribution is 2.21. The van der Waals surface area contributed by atoms with Crippen LogP contribution in [-0.4, -0.2) is 43.5 Å². The molecule has 1 aromatic rings. The van der Waals surface area contributed by atoms with Crippen LogP contribution >= 0.6 is 0 Å². The maximum absolute atomic E-state index is 11.0. The molecular weight excluding hydrogens is 274 g/mol. The molecule has 0 atom stereocenters. The van der Waals surface area contributed by atoms with Crippen LogP contribution in [0.2, 0.25) is 0 Å². The second-order valence-corrected chi connectivity index (χ2v) is 6.24. The summed E-state index contributed by atoms with van der Waals surface area (Å²) in [6, 6.07) is 10.8. The summed E-state index contributed by atoms with van der Waals surface area (Å²) in [7, 11) is 0. The van der Waals surface area contributed by atoms with Gasteiger partial charge in [-0.15, -0.1) is 0 Å². The summed E-state index contributed by atoms with van der Waals surface area (Å²) >= 11 is 0. The number of nitrogens with zero attached hydrogens (tertiary/aromatic N) is 1. The Balaban J connectivity index is 1.54. The van der Waals surface area contributed by atoms with Gasteiger partial charge in [0.15, 0.2) is 0 Å². The van der Waals surface area contributed by atoms with E-state index < -0.39 is 0 Å². The van der Waals surface area contributed by atoms with Crippen LogP contribution in [0, 0.1) is 5.92 Å². The van der Waals surface area contributed by atoms with Crippen LogP contribution in [0.1, 0.15) is 31.2 Å². The number of unbranched alkanes of at least 4 members (excludes halogenated alkanes) is 1. The lowest BCUT2D eigenvalue weighted by Crippen LogP contribution is -2.35. The van der Waals surface area contributed by atoms with E-state index in [4.69, 9.17) is 5.73 Å². The first-order chi connectivity index (χ1) is 10.8. The van der Waals surface area contributed by atoms with Crippen LogP contribution in [0.3, 0.4) is 0 Å². The van der Waals surface area contributed by atoms with Crippen molar-refractivity contribution < 1.29 is 4.79 Å². The van der Waals surface area contributed by atoms with E-state index in [-0.39, 0.29) is 12.5 Å². The normalized spacial score (nSPS) is 16.6. The fraction of sp³-hybridized carbons (Fsp3) is 0.611. The average molecular weight is 303 g/mol. The number of hydrogen-bond donors (Lipinski definition) is 2. The largest absolute Gasteiger partial charge is 0.355 e. The Bertz CT molecular complexity index is 427. The van der Waals surface area contributed by atoms with Gasteiger partial charge in [0.25, 0.3) is 0 Å². The molecule has 0 spiro atoms. The molecule has 0 saturated carbocycles. The highest BCUT2D eigenvalue weighted by Gasteiger charge is 2.18. The highest BCUT2D eigenvalue weighted by atomic mass is 16.1. The molecule has 4 heteroatoms. The van der Waals surface area contributed by atoms with Gasteiger partial charge in [0, 0.05) is 6.54 Å². The molecule has 0 bridgehead atoms. The fourth-order valence-corrected chi connectivity index (χ4v) is 3.12. The van der Waals surface area contributed by atoms with Gasteiger partial charge in [-0.3, -0.25) is 4.79 Å².